The minimum Gasteiger partial charge on any atom is -0.490 e. The standard InChI is InChI=1S/C19H27NO6/c1-6-25-14-9-12(7-8-13(14)26-11-16(21)22)17(23)20-15-10-19(4,24-5)18(15,2)3/h7-9,15H,6,10-11H2,1-5H3,(H,20,23)(H,21,22). The number of methoxy groups -OCH3 is 1. The molecular weight excluding hydrogens is 338 g/mol. The van der Waals surface area contributed by atoms with Gasteiger partial charge in [0, 0.05) is 24.1 Å². The number of amides is 1. The zero-order valence-corrected chi connectivity index (χ0v) is 15.9. The third kappa shape index (κ3) is 3.77. The summed E-state index contributed by atoms with van der Waals surface area (Å²) in [6, 6.07) is 4.71. The molecule has 0 bridgehead atoms. The number of aliphatic carboxylic acids is 1. The lowest BCUT2D eigenvalue weighted by Gasteiger charge is -2.59. The second-order valence-corrected chi connectivity index (χ2v) is 7.16. The smallest absolute Gasteiger partial charge is 0.341 e. The Morgan fingerprint density at radius 3 is 2.46 bits per heavy atom. The lowest BCUT2D eigenvalue weighted by atomic mass is 9.56. The van der Waals surface area contributed by atoms with Gasteiger partial charge in [-0.2, -0.15) is 0 Å². The molecule has 26 heavy (non-hydrogen) atoms. The van der Waals surface area contributed by atoms with E-state index < -0.39 is 12.6 Å². The van der Waals surface area contributed by atoms with Gasteiger partial charge in [0.25, 0.3) is 5.91 Å². The Bertz CT molecular complexity index is 687. The molecule has 0 spiro atoms. The van der Waals surface area contributed by atoms with Crippen molar-refractivity contribution in [3.8, 4) is 11.5 Å². The van der Waals surface area contributed by atoms with E-state index in [2.05, 4.69) is 19.2 Å². The molecule has 144 valence electrons. The van der Waals surface area contributed by atoms with Gasteiger partial charge in [0.2, 0.25) is 0 Å². The van der Waals surface area contributed by atoms with Gasteiger partial charge < -0.3 is 24.6 Å². The Labute approximate surface area is 153 Å². The molecule has 0 aromatic heterocycles. The van der Waals surface area contributed by atoms with Gasteiger partial charge in [-0.1, -0.05) is 13.8 Å². The van der Waals surface area contributed by atoms with Crippen LogP contribution in [0.4, 0.5) is 0 Å². The molecule has 2 N–H and O–H groups in total. The van der Waals surface area contributed by atoms with Crippen molar-refractivity contribution in [2.24, 2.45) is 5.41 Å². The number of carboxylic acids is 1. The molecule has 1 aromatic rings. The van der Waals surface area contributed by atoms with Crippen LogP contribution in [0.3, 0.4) is 0 Å². The molecule has 1 fully saturated rings. The Balaban J connectivity index is 2.12. The van der Waals surface area contributed by atoms with Crippen molar-refractivity contribution in [3.05, 3.63) is 23.8 Å². The number of carbonyl (C=O) groups excluding carboxylic acids is 1. The maximum Gasteiger partial charge on any atom is 0.341 e. The van der Waals surface area contributed by atoms with Crippen molar-refractivity contribution in [1.82, 2.24) is 5.32 Å². The highest BCUT2D eigenvalue weighted by atomic mass is 16.5. The average Bonchev–Trinajstić information content (AvgIpc) is 2.59. The van der Waals surface area contributed by atoms with Crippen molar-refractivity contribution in [3.63, 3.8) is 0 Å². The Morgan fingerprint density at radius 2 is 1.92 bits per heavy atom. The quantitative estimate of drug-likeness (QED) is 0.735. The van der Waals surface area contributed by atoms with E-state index in [1.807, 2.05) is 6.92 Å². The van der Waals surface area contributed by atoms with Crippen LogP contribution in [-0.2, 0) is 9.53 Å². The predicted octanol–water partition coefficient (Wildman–Crippen LogP) is 2.48. The molecule has 7 nitrogen and oxygen atoms in total. The zero-order chi connectivity index (χ0) is 19.5. The average molecular weight is 365 g/mol. The molecule has 1 aromatic carbocycles. The van der Waals surface area contributed by atoms with Crippen molar-refractivity contribution < 1.29 is 28.9 Å². The van der Waals surface area contributed by atoms with Gasteiger partial charge >= 0.3 is 5.97 Å². The van der Waals surface area contributed by atoms with Gasteiger partial charge in [0.05, 0.1) is 12.2 Å². The van der Waals surface area contributed by atoms with Gasteiger partial charge in [0.1, 0.15) is 0 Å². The predicted molar refractivity (Wildman–Crippen MR) is 95.8 cm³/mol. The van der Waals surface area contributed by atoms with E-state index >= 15 is 0 Å². The number of hydrogen-bond donors (Lipinski definition) is 2. The molecular formula is C19H27NO6. The number of ether oxygens (including phenoxy) is 3. The van der Waals surface area contributed by atoms with Crippen LogP contribution in [0.2, 0.25) is 0 Å². The molecule has 7 heteroatoms. The topological polar surface area (TPSA) is 94.1 Å². The van der Waals surface area contributed by atoms with Crippen LogP contribution in [0.25, 0.3) is 0 Å². The number of benzene rings is 1. The summed E-state index contributed by atoms with van der Waals surface area (Å²) in [5.41, 5.74) is -0.0290. The molecule has 0 radical (unpaired) electrons. The van der Waals surface area contributed by atoms with E-state index in [1.54, 1.807) is 32.2 Å². The first kappa shape index (κ1) is 20.0. The van der Waals surface area contributed by atoms with Crippen LogP contribution in [-0.4, -0.2) is 48.9 Å². The van der Waals surface area contributed by atoms with E-state index in [-0.39, 0.29) is 23.0 Å². The van der Waals surface area contributed by atoms with Crippen LogP contribution < -0.4 is 14.8 Å². The molecule has 1 aliphatic rings. The van der Waals surface area contributed by atoms with Crippen LogP contribution in [0.1, 0.15) is 44.5 Å². The van der Waals surface area contributed by atoms with E-state index in [0.29, 0.717) is 23.7 Å². The van der Waals surface area contributed by atoms with Crippen molar-refractivity contribution in [2.45, 2.75) is 45.8 Å². The number of carboxylic acid groups (broad SMARTS) is 1. The van der Waals surface area contributed by atoms with Crippen molar-refractivity contribution in [2.75, 3.05) is 20.3 Å². The number of hydrogen-bond acceptors (Lipinski definition) is 5. The fourth-order valence-electron chi connectivity index (χ4n) is 3.14. The molecule has 1 saturated carbocycles. The van der Waals surface area contributed by atoms with Crippen molar-refractivity contribution in [1.29, 1.82) is 0 Å². The minimum atomic E-state index is -1.08. The fraction of sp³-hybridized carbons (Fsp3) is 0.579. The summed E-state index contributed by atoms with van der Waals surface area (Å²) >= 11 is 0. The number of rotatable bonds is 8. The Hall–Kier alpha value is -2.28. The molecule has 1 amide bonds. The molecule has 2 atom stereocenters. The summed E-state index contributed by atoms with van der Waals surface area (Å²) in [4.78, 5) is 23.3. The molecule has 0 aliphatic heterocycles. The summed E-state index contributed by atoms with van der Waals surface area (Å²) in [7, 11) is 1.68. The van der Waals surface area contributed by atoms with Crippen molar-refractivity contribution >= 4 is 11.9 Å². The van der Waals surface area contributed by atoms with Gasteiger partial charge in [-0.15, -0.1) is 0 Å². The highest BCUT2D eigenvalue weighted by Crippen LogP contribution is 2.51. The maximum absolute atomic E-state index is 12.6. The van der Waals surface area contributed by atoms with E-state index in [9.17, 15) is 9.59 Å². The minimum absolute atomic E-state index is 0.00145. The largest absolute Gasteiger partial charge is 0.490 e. The maximum atomic E-state index is 12.6. The van der Waals surface area contributed by atoms with Gasteiger partial charge in [-0.25, -0.2) is 4.79 Å². The Kier molecular flexibility index (Phi) is 5.81. The summed E-state index contributed by atoms with van der Waals surface area (Å²) in [5.74, 6) is -0.660. The van der Waals surface area contributed by atoms with Crippen LogP contribution in [0.15, 0.2) is 18.2 Å². The first-order valence-electron chi connectivity index (χ1n) is 8.62. The van der Waals surface area contributed by atoms with E-state index in [4.69, 9.17) is 19.3 Å². The SMILES string of the molecule is CCOc1cc(C(=O)NC2CC(C)(OC)C2(C)C)ccc1OCC(=O)O. The summed E-state index contributed by atoms with van der Waals surface area (Å²) < 4.78 is 16.3. The second kappa shape index (κ2) is 7.53. The highest BCUT2D eigenvalue weighted by Gasteiger charge is 2.58. The van der Waals surface area contributed by atoms with Gasteiger partial charge in [-0.3, -0.25) is 4.79 Å². The number of carbonyl (C=O) groups is 2. The fourth-order valence-corrected chi connectivity index (χ4v) is 3.14. The first-order valence-corrected chi connectivity index (χ1v) is 8.62. The normalized spacial score (nSPS) is 23.7. The van der Waals surface area contributed by atoms with Crippen LogP contribution in [0.5, 0.6) is 11.5 Å². The van der Waals surface area contributed by atoms with Gasteiger partial charge in [-0.05, 0) is 38.5 Å². The lowest BCUT2D eigenvalue weighted by Crippen LogP contribution is -2.68. The highest BCUT2D eigenvalue weighted by molar-refractivity contribution is 5.95. The summed E-state index contributed by atoms with van der Waals surface area (Å²) in [6.45, 7) is 7.88. The molecule has 0 saturated heterocycles. The molecule has 1 aliphatic carbocycles. The Morgan fingerprint density at radius 1 is 1.23 bits per heavy atom. The zero-order valence-electron chi connectivity index (χ0n) is 15.9. The third-order valence-corrected chi connectivity index (χ3v) is 5.44. The van der Waals surface area contributed by atoms with Gasteiger partial charge in [0.15, 0.2) is 18.1 Å². The van der Waals surface area contributed by atoms with E-state index in [1.165, 1.54) is 0 Å². The summed E-state index contributed by atoms with van der Waals surface area (Å²) in [5, 5.41) is 11.8. The molecule has 2 unspecified atom stereocenters. The second-order valence-electron chi connectivity index (χ2n) is 7.16. The lowest BCUT2D eigenvalue weighted by molar-refractivity contribution is -0.177. The number of nitrogens with one attached hydrogen (secondary N) is 1. The van der Waals surface area contributed by atoms with E-state index in [0.717, 1.165) is 6.42 Å². The van der Waals surface area contributed by atoms with Crippen LogP contribution >= 0.6 is 0 Å². The molecule has 2 rings (SSSR count). The first-order chi connectivity index (χ1) is 12.1. The monoisotopic (exact) mass is 365 g/mol. The summed E-state index contributed by atoms with van der Waals surface area (Å²) in [6.07, 6.45) is 0.736. The van der Waals surface area contributed by atoms with Crippen LogP contribution in [0, 0.1) is 5.41 Å². The molecule has 0 heterocycles. The third-order valence-electron chi connectivity index (χ3n) is 5.44.